The molecule has 0 aliphatic heterocycles. The van der Waals surface area contributed by atoms with Gasteiger partial charge in [-0.05, 0) is 43.9 Å². The van der Waals surface area contributed by atoms with Gasteiger partial charge in [0.1, 0.15) is 5.76 Å². The lowest BCUT2D eigenvalue weighted by atomic mass is 9.70. The summed E-state index contributed by atoms with van der Waals surface area (Å²) in [5, 5.41) is 9.77. The van der Waals surface area contributed by atoms with E-state index in [0.717, 1.165) is 54.7 Å². The van der Waals surface area contributed by atoms with Crippen LogP contribution in [0.2, 0.25) is 0 Å². The van der Waals surface area contributed by atoms with Gasteiger partial charge in [-0.15, -0.1) is 0 Å². The molecule has 3 aromatic rings. The molecular weight excluding hydrogens is 392 g/mol. The van der Waals surface area contributed by atoms with Gasteiger partial charge in [0.15, 0.2) is 0 Å². The smallest absolute Gasteiger partial charge is 0.309 e. The Morgan fingerprint density at radius 1 is 1.13 bits per heavy atom. The van der Waals surface area contributed by atoms with Gasteiger partial charge in [0.05, 0.1) is 17.7 Å². The summed E-state index contributed by atoms with van der Waals surface area (Å²) in [6.07, 6.45) is 7.44. The molecule has 6 heteroatoms. The first-order chi connectivity index (χ1) is 15.1. The van der Waals surface area contributed by atoms with Gasteiger partial charge in [0.2, 0.25) is 11.8 Å². The maximum absolute atomic E-state index is 11.9. The van der Waals surface area contributed by atoms with E-state index in [-0.39, 0.29) is 0 Å². The minimum atomic E-state index is -0.689. The molecule has 1 N–H and O–H groups in total. The second-order valence-corrected chi connectivity index (χ2v) is 8.31. The van der Waals surface area contributed by atoms with E-state index < -0.39 is 11.4 Å². The number of nitrogens with zero attached hydrogens (tertiary/aromatic N) is 2. The number of oxazole rings is 1. The molecule has 1 fully saturated rings. The normalized spacial score (nSPS) is 15.5. The summed E-state index contributed by atoms with van der Waals surface area (Å²) in [5.41, 5.74) is 2.11. The number of rotatable bonds is 8. The molecule has 4 rings (SSSR count). The monoisotopic (exact) mass is 420 g/mol. The molecular formula is C25H28N2O4. The van der Waals surface area contributed by atoms with Crippen molar-refractivity contribution in [3.63, 3.8) is 0 Å². The predicted octanol–water partition coefficient (Wildman–Crippen LogP) is 5.24. The van der Waals surface area contributed by atoms with Gasteiger partial charge < -0.3 is 14.3 Å². The van der Waals surface area contributed by atoms with Crippen LogP contribution < -0.4 is 4.74 Å². The van der Waals surface area contributed by atoms with Crippen LogP contribution in [0.5, 0.6) is 5.88 Å². The standard InChI is InChI=1S/C25H28N2O4/c1-18-21(27-23(31-18)20-8-4-2-5-9-20)12-15-30-22-11-10-19(17-26-22)16-25(24(28)29)13-6-3-7-14-25/h2,4-5,8-11,17H,3,6-7,12-16H2,1H3,(H,28,29). The zero-order valence-corrected chi connectivity index (χ0v) is 17.8. The number of hydrogen-bond acceptors (Lipinski definition) is 5. The molecule has 0 spiro atoms. The Hall–Kier alpha value is -3.15. The van der Waals surface area contributed by atoms with Crippen LogP contribution >= 0.6 is 0 Å². The Labute approximate surface area is 182 Å². The van der Waals surface area contributed by atoms with Gasteiger partial charge in [0, 0.05) is 24.2 Å². The van der Waals surface area contributed by atoms with Crippen LogP contribution in [0.4, 0.5) is 0 Å². The summed E-state index contributed by atoms with van der Waals surface area (Å²) in [5.74, 6) is 1.24. The third kappa shape index (κ3) is 4.95. The molecule has 0 amide bonds. The zero-order chi connectivity index (χ0) is 21.7. The molecule has 2 aromatic heterocycles. The molecule has 1 aliphatic rings. The Morgan fingerprint density at radius 3 is 2.58 bits per heavy atom. The van der Waals surface area contributed by atoms with Gasteiger partial charge in [-0.25, -0.2) is 9.97 Å². The van der Waals surface area contributed by atoms with Crippen molar-refractivity contribution in [3.8, 4) is 17.3 Å². The topological polar surface area (TPSA) is 85.5 Å². The lowest BCUT2D eigenvalue weighted by Gasteiger charge is -2.33. The van der Waals surface area contributed by atoms with Crippen molar-refractivity contribution in [1.29, 1.82) is 0 Å². The quantitative estimate of drug-likeness (QED) is 0.536. The molecule has 0 saturated heterocycles. The molecule has 1 aromatic carbocycles. The number of aryl methyl sites for hydroxylation is 1. The number of pyridine rings is 1. The summed E-state index contributed by atoms with van der Waals surface area (Å²) >= 11 is 0. The van der Waals surface area contributed by atoms with Crippen molar-refractivity contribution in [2.24, 2.45) is 5.41 Å². The van der Waals surface area contributed by atoms with Crippen molar-refractivity contribution in [2.45, 2.75) is 51.9 Å². The first-order valence-electron chi connectivity index (χ1n) is 10.9. The third-order valence-corrected chi connectivity index (χ3v) is 6.11. The van der Waals surface area contributed by atoms with Crippen LogP contribution in [0.15, 0.2) is 53.1 Å². The van der Waals surface area contributed by atoms with Crippen LogP contribution in [0.3, 0.4) is 0 Å². The number of carboxylic acids is 1. The van der Waals surface area contributed by atoms with Crippen molar-refractivity contribution in [1.82, 2.24) is 9.97 Å². The summed E-state index contributed by atoms with van der Waals surface area (Å²) in [7, 11) is 0. The number of ether oxygens (including phenoxy) is 1. The summed E-state index contributed by atoms with van der Waals surface area (Å²) in [6, 6.07) is 13.6. The first kappa shape index (κ1) is 21.1. The van der Waals surface area contributed by atoms with Gasteiger partial charge >= 0.3 is 5.97 Å². The molecule has 0 bridgehead atoms. The van der Waals surface area contributed by atoms with Gasteiger partial charge in [0.25, 0.3) is 0 Å². The van der Waals surface area contributed by atoms with E-state index in [4.69, 9.17) is 9.15 Å². The van der Waals surface area contributed by atoms with Gasteiger partial charge in [-0.1, -0.05) is 43.5 Å². The fourth-order valence-corrected chi connectivity index (χ4v) is 4.30. The van der Waals surface area contributed by atoms with Crippen LogP contribution in [0.1, 0.15) is 49.1 Å². The summed E-state index contributed by atoms with van der Waals surface area (Å²) < 4.78 is 11.6. The highest BCUT2D eigenvalue weighted by Gasteiger charge is 2.39. The average Bonchev–Trinajstić information content (AvgIpc) is 3.17. The molecule has 1 saturated carbocycles. The average molecular weight is 421 g/mol. The lowest BCUT2D eigenvalue weighted by Crippen LogP contribution is -2.35. The van der Waals surface area contributed by atoms with E-state index in [2.05, 4.69) is 9.97 Å². The predicted molar refractivity (Wildman–Crippen MR) is 117 cm³/mol. The zero-order valence-electron chi connectivity index (χ0n) is 17.8. The van der Waals surface area contributed by atoms with Crippen molar-refractivity contribution >= 4 is 5.97 Å². The molecule has 162 valence electrons. The Morgan fingerprint density at radius 2 is 1.90 bits per heavy atom. The largest absolute Gasteiger partial charge is 0.481 e. The Balaban J connectivity index is 1.33. The summed E-state index contributed by atoms with van der Waals surface area (Å²) in [6.45, 7) is 2.35. The Kier molecular flexibility index (Phi) is 6.35. The number of hydrogen-bond donors (Lipinski definition) is 1. The molecule has 0 atom stereocenters. The first-order valence-corrected chi connectivity index (χ1v) is 10.9. The minimum Gasteiger partial charge on any atom is -0.481 e. The van der Waals surface area contributed by atoms with E-state index in [1.54, 1.807) is 6.20 Å². The van der Waals surface area contributed by atoms with Gasteiger partial charge in [-0.2, -0.15) is 0 Å². The van der Waals surface area contributed by atoms with Gasteiger partial charge in [-0.3, -0.25) is 4.79 Å². The second kappa shape index (κ2) is 9.33. The highest BCUT2D eigenvalue weighted by Crippen LogP contribution is 2.39. The van der Waals surface area contributed by atoms with Crippen molar-refractivity contribution in [2.75, 3.05) is 6.61 Å². The molecule has 6 nitrogen and oxygen atoms in total. The van der Waals surface area contributed by atoms with E-state index in [1.807, 2.05) is 49.4 Å². The van der Waals surface area contributed by atoms with Crippen molar-refractivity contribution < 1.29 is 19.1 Å². The lowest BCUT2D eigenvalue weighted by molar-refractivity contribution is -0.151. The fraction of sp³-hybridized carbons (Fsp3) is 0.400. The fourth-order valence-electron chi connectivity index (χ4n) is 4.30. The summed E-state index contributed by atoms with van der Waals surface area (Å²) in [4.78, 5) is 20.9. The van der Waals surface area contributed by atoms with E-state index in [9.17, 15) is 9.90 Å². The van der Waals surface area contributed by atoms with Crippen LogP contribution in [0, 0.1) is 12.3 Å². The third-order valence-electron chi connectivity index (χ3n) is 6.11. The van der Waals surface area contributed by atoms with Crippen LogP contribution in [-0.2, 0) is 17.6 Å². The Bertz CT molecular complexity index is 1010. The highest BCUT2D eigenvalue weighted by atomic mass is 16.5. The number of aliphatic carboxylic acids is 1. The minimum absolute atomic E-state index is 0.438. The number of carboxylic acid groups (broad SMARTS) is 1. The SMILES string of the molecule is Cc1oc(-c2ccccc2)nc1CCOc1ccc(CC2(C(=O)O)CCCCC2)cn1. The van der Waals surface area contributed by atoms with E-state index >= 15 is 0 Å². The van der Waals surface area contributed by atoms with Crippen LogP contribution in [0.25, 0.3) is 11.5 Å². The maximum atomic E-state index is 11.9. The molecule has 0 unspecified atom stereocenters. The molecule has 31 heavy (non-hydrogen) atoms. The van der Waals surface area contributed by atoms with E-state index in [1.165, 1.54) is 0 Å². The highest BCUT2D eigenvalue weighted by molar-refractivity contribution is 5.75. The molecule has 1 aliphatic carbocycles. The van der Waals surface area contributed by atoms with Crippen molar-refractivity contribution in [3.05, 3.63) is 65.7 Å². The molecule has 0 radical (unpaired) electrons. The second-order valence-electron chi connectivity index (χ2n) is 8.31. The van der Waals surface area contributed by atoms with E-state index in [0.29, 0.717) is 31.2 Å². The van der Waals surface area contributed by atoms with Crippen LogP contribution in [-0.4, -0.2) is 27.7 Å². The molecule has 2 heterocycles. The number of carbonyl (C=O) groups is 1. The number of benzene rings is 1. The maximum Gasteiger partial charge on any atom is 0.309 e. The number of aromatic nitrogens is 2.